The monoisotopic (exact) mass is 163 g/mol. The lowest BCUT2D eigenvalue weighted by molar-refractivity contribution is 0.599. The van der Waals surface area contributed by atoms with Crippen molar-refractivity contribution in [3.63, 3.8) is 0 Å². The molecule has 48 valence electrons. The molecule has 0 saturated heterocycles. The molecule has 0 aromatic carbocycles. The van der Waals surface area contributed by atoms with Crippen LogP contribution in [0, 0.1) is 5.82 Å². The zero-order valence-electron chi connectivity index (χ0n) is 4.31. The van der Waals surface area contributed by atoms with Crippen LogP contribution in [0.5, 0.6) is 0 Å². The number of halogens is 2. The van der Waals surface area contributed by atoms with Gasteiger partial charge in [0.25, 0.3) is 0 Å². The standard InChI is InChI=1S/C5H3ClFNS/c6-5-4(9)3(7)1-2-8-5/h1-2,9H. The molecule has 0 atom stereocenters. The van der Waals surface area contributed by atoms with Gasteiger partial charge < -0.3 is 0 Å². The Morgan fingerprint density at radius 3 is 2.78 bits per heavy atom. The van der Waals surface area contributed by atoms with Crippen LogP contribution in [0.1, 0.15) is 0 Å². The van der Waals surface area contributed by atoms with E-state index in [1.807, 2.05) is 0 Å². The molecule has 1 aromatic rings. The van der Waals surface area contributed by atoms with E-state index in [2.05, 4.69) is 17.6 Å². The van der Waals surface area contributed by atoms with Gasteiger partial charge in [-0.25, -0.2) is 9.37 Å². The Balaban J connectivity index is 3.25. The highest BCUT2D eigenvalue weighted by molar-refractivity contribution is 7.80. The van der Waals surface area contributed by atoms with Gasteiger partial charge in [-0.1, -0.05) is 11.6 Å². The smallest absolute Gasteiger partial charge is 0.145 e. The van der Waals surface area contributed by atoms with E-state index >= 15 is 0 Å². The number of hydrogen-bond acceptors (Lipinski definition) is 2. The summed E-state index contributed by atoms with van der Waals surface area (Å²) in [5, 5.41) is 0.0957. The fourth-order valence-electron chi connectivity index (χ4n) is 0.407. The Hall–Kier alpha value is -0.280. The van der Waals surface area contributed by atoms with Crippen LogP contribution < -0.4 is 0 Å². The lowest BCUT2D eigenvalue weighted by atomic mass is 10.5. The third-order valence-corrected chi connectivity index (χ3v) is 1.67. The molecule has 0 aliphatic carbocycles. The molecule has 1 aromatic heterocycles. The van der Waals surface area contributed by atoms with E-state index in [4.69, 9.17) is 11.6 Å². The predicted octanol–water partition coefficient (Wildman–Crippen LogP) is 2.16. The molecule has 0 bridgehead atoms. The van der Waals surface area contributed by atoms with Crippen LogP contribution >= 0.6 is 24.2 Å². The SMILES string of the molecule is Fc1ccnc(Cl)c1S. The highest BCUT2D eigenvalue weighted by Crippen LogP contribution is 2.18. The van der Waals surface area contributed by atoms with Crippen molar-refractivity contribution in [2.75, 3.05) is 0 Å². The first kappa shape index (κ1) is 6.83. The quantitative estimate of drug-likeness (QED) is 0.457. The Morgan fingerprint density at radius 1 is 1.67 bits per heavy atom. The third kappa shape index (κ3) is 1.34. The van der Waals surface area contributed by atoms with Gasteiger partial charge in [0.1, 0.15) is 11.0 Å². The summed E-state index contributed by atoms with van der Waals surface area (Å²) in [6, 6.07) is 1.20. The van der Waals surface area contributed by atoms with Gasteiger partial charge in [0.2, 0.25) is 0 Å². The molecule has 0 aliphatic rings. The summed E-state index contributed by atoms with van der Waals surface area (Å²) in [5.74, 6) is -0.446. The van der Waals surface area contributed by atoms with Gasteiger partial charge in [-0.2, -0.15) is 0 Å². The van der Waals surface area contributed by atoms with Crippen LogP contribution in [-0.4, -0.2) is 4.98 Å². The number of aromatic nitrogens is 1. The second-order valence-corrected chi connectivity index (χ2v) is 2.24. The van der Waals surface area contributed by atoms with Crippen LogP contribution in [0.15, 0.2) is 17.2 Å². The van der Waals surface area contributed by atoms with Crippen LogP contribution in [-0.2, 0) is 0 Å². The summed E-state index contributed by atoms with van der Waals surface area (Å²) in [7, 11) is 0. The van der Waals surface area contributed by atoms with Crippen molar-refractivity contribution in [1.29, 1.82) is 0 Å². The van der Waals surface area contributed by atoms with Crippen LogP contribution in [0.3, 0.4) is 0 Å². The number of thiol groups is 1. The lowest BCUT2D eigenvalue weighted by Crippen LogP contribution is -1.80. The largest absolute Gasteiger partial charge is 0.243 e. The van der Waals surface area contributed by atoms with Gasteiger partial charge in [0.15, 0.2) is 0 Å². The second kappa shape index (κ2) is 2.54. The Labute approximate surface area is 62.3 Å². The maximum Gasteiger partial charge on any atom is 0.145 e. The topological polar surface area (TPSA) is 12.9 Å². The Morgan fingerprint density at radius 2 is 2.33 bits per heavy atom. The van der Waals surface area contributed by atoms with Gasteiger partial charge in [0, 0.05) is 6.20 Å². The number of rotatable bonds is 0. The summed E-state index contributed by atoms with van der Waals surface area (Å²) >= 11 is 9.13. The molecule has 0 fully saturated rings. The van der Waals surface area contributed by atoms with Crippen molar-refractivity contribution in [3.05, 3.63) is 23.2 Å². The number of pyridine rings is 1. The summed E-state index contributed by atoms with van der Waals surface area (Å²) < 4.78 is 12.4. The molecule has 9 heavy (non-hydrogen) atoms. The first-order valence-corrected chi connectivity index (χ1v) is 3.03. The van der Waals surface area contributed by atoms with E-state index in [9.17, 15) is 4.39 Å². The summed E-state index contributed by atoms with van der Waals surface area (Å²) in [6.07, 6.45) is 1.29. The second-order valence-electron chi connectivity index (χ2n) is 1.43. The van der Waals surface area contributed by atoms with Crippen molar-refractivity contribution >= 4 is 24.2 Å². The Kier molecular flexibility index (Phi) is 1.93. The zero-order valence-corrected chi connectivity index (χ0v) is 5.96. The number of nitrogens with zero attached hydrogens (tertiary/aromatic N) is 1. The molecule has 0 unspecified atom stereocenters. The fourth-order valence-corrected chi connectivity index (χ4v) is 0.686. The molecule has 0 radical (unpaired) electrons. The zero-order chi connectivity index (χ0) is 6.85. The normalized spacial score (nSPS) is 9.67. The molecular formula is C5H3ClFNS. The fraction of sp³-hybridized carbons (Fsp3) is 0. The molecule has 4 heteroatoms. The van der Waals surface area contributed by atoms with E-state index in [1.54, 1.807) is 0 Å². The van der Waals surface area contributed by atoms with Crippen molar-refractivity contribution in [2.24, 2.45) is 0 Å². The lowest BCUT2D eigenvalue weighted by Gasteiger charge is -1.93. The van der Waals surface area contributed by atoms with Crippen molar-refractivity contribution in [2.45, 2.75) is 4.90 Å². The predicted molar refractivity (Wildman–Crippen MR) is 36.5 cm³/mol. The van der Waals surface area contributed by atoms with E-state index in [0.29, 0.717) is 0 Å². The van der Waals surface area contributed by atoms with Crippen LogP contribution in [0.2, 0.25) is 5.15 Å². The number of hydrogen-bond donors (Lipinski definition) is 1. The van der Waals surface area contributed by atoms with E-state index in [-0.39, 0.29) is 10.0 Å². The van der Waals surface area contributed by atoms with Crippen molar-refractivity contribution in [3.8, 4) is 0 Å². The molecular weight excluding hydrogens is 161 g/mol. The first-order valence-electron chi connectivity index (χ1n) is 2.21. The molecule has 1 nitrogen and oxygen atoms in total. The van der Waals surface area contributed by atoms with Gasteiger partial charge in [-0.3, -0.25) is 0 Å². The minimum absolute atomic E-state index is 0.0957. The molecule has 0 amide bonds. The van der Waals surface area contributed by atoms with Gasteiger partial charge in [-0.15, -0.1) is 12.6 Å². The van der Waals surface area contributed by atoms with Crippen LogP contribution in [0.25, 0.3) is 0 Å². The van der Waals surface area contributed by atoms with E-state index in [1.165, 1.54) is 12.3 Å². The molecule has 1 rings (SSSR count). The molecule has 0 saturated carbocycles. The molecule has 1 heterocycles. The van der Waals surface area contributed by atoms with E-state index in [0.717, 1.165) is 0 Å². The van der Waals surface area contributed by atoms with Gasteiger partial charge in [0.05, 0.1) is 4.90 Å². The minimum Gasteiger partial charge on any atom is -0.243 e. The first-order chi connectivity index (χ1) is 4.22. The summed E-state index contributed by atoms with van der Waals surface area (Å²) in [5.41, 5.74) is 0. The highest BCUT2D eigenvalue weighted by Gasteiger charge is 2.00. The van der Waals surface area contributed by atoms with Gasteiger partial charge in [-0.05, 0) is 6.07 Å². The van der Waals surface area contributed by atoms with Crippen molar-refractivity contribution in [1.82, 2.24) is 4.98 Å². The highest BCUT2D eigenvalue weighted by atomic mass is 35.5. The summed E-state index contributed by atoms with van der Waals surface area (Å²) in [6.45, 7) is 0. The molecule has 0 spiro atoms. The third-order valence-electron chi connectivity index (χ3n) is 0.830. The summed E-state index contributed by atoms with van der Waals surface area (Å²) in [4.78, 5) is 3.69. The maximum atomic E-state index is 12.4. The van der Waals surface area contributed by atoms with E-state index < -0.39 is 5.82 Å². The molecule has 0 N–H and O–H groups in total. The maximum absolute atomic E-state index is 12.4. The average Bonchev–Trinajstić information content (AvgIpc) is 1.83. The minimum atomic E-state index is -0.446. The average molecular weight is 164 g/mol. The van der Waals surface area contributed by atoms with Crippen molar-refractivity contribution < 1.29 is 4.39 Å². The van der Waals surface area contributed by atoms with Crippen LogP contribution in [0.4, 0.5) is 4.39 Å². The van der Waals surface area contributed by atoms with Gasteiger partial charge >= 0.3 is 0 Å². The molecule has 0 aliphatic heterocycles. The Bertz CT molecular complexity index is 208.